The molecule has 0 atom stereocenters. The smallest absolute Gasteiger partial charge is 0.196 e. The van der Waals surface area contributed by atoms with Gasteiger partial charge in [0.25, 0.3) is 0 Å². The van der Waals surface area contributed by atoms with Crippen molar-refractivity contribution in [1.82, 2.24) is 14.8 Å². The number of nitrogens with zero attached hydrogens (tertiary/aromatic N) is 3. The molecular weight excluding hydrogens is 396 g/mol. The van der Waals surface area contributed by atoms with Crippen LogP contribution < -0.4 is 10.1 Å². The van der Waals surface area contributed by atoms with Gasteiger partial charge in [-0.2, -0.15) is 0 Å². The van der Waals surface area contributed by atoms with Gasteiger partial charge in [-0.05, 0) is 35.2 Å². The fraction of sp³-hybridized carbons (Fsp3) is 0.391. The summed E-state index contributed by atoms with van der Waals surface area (Å²) in [5, 5.41) is 20.9. The molecule has 30 heavy (non-hydrogen) atoms. The maximum atomic E-state index is 8.94. The van der Waals surface area contributed by atoms with Crippen molar-refractivity contribution in [2.24, 2.45) is 0 Å². The van der Waals surface area contributed by atoms with Gasteiger partial charge in [0.1, 0.15) is 5.75 Å². The van der Waals surface area contributed by atoms with Crippen LogP contribution in [0, 0.1) is 0 Å². The first kappa shape index (κ1) is 22.3. The second-order valence-corrected chi connectivity index (χ2v) is 9.17. The molecule has 0 spiro atoms. The highest BCUT2D eigenvalue weighted by Gasteiger charge is 2.18. The van der Waals surface area contributed by atoms with Crippen molar-refractivity contribution in [3.63, 3.8) is 0 Å². The SMILES string of the molecule is COc1ccc(-n2c(SCC[NH2+]CCO)nnc2-c2ccc(C(C)(C)C)cc2)cc1. The Hall–Kier alpha value is -2.35. The molecule has 0 fully saturated rings. The van der Waals surface area contributed by atoms with E-state index in [2.05, 4.69) is 65.1 Å². The molecule has 0 bridgehead atoms. The summed E-state index contributed by atoms with van der Waals surface area (Å²) in [6, 6.07) is 16.5. The molecule has 0 aliphatic rings. The van der Waals surface area contributed by atoms with Crippen molar-refractivity contribution < 1.29 is 15.2 Å². The predicted octanol–water partition coefficient (Wildman–Crippen LogP) is 2.89. The molecule has 0 amide bonds. The summed E-state index contributed by atoms with van der Waals surface area (Å²) < 4.78 is 7.41. The van der Waals surface area contributed by atoms with Gasteiger partial charge in [-0.3, -0.25) is 4.57 Å². The molecule has 3 N–H and O–H groups in total. The Kier molecular flexibility index (Phi) is 7.53. The lowest BCUT2D eigenvalue weighted by atomic mass is 9.87. The lowest BCUT2D eigenvalue weighted by Crippen LogP contribution is -2.85. The maximum Gasteiger partial charge on any atom is 0.196 e. The minimum Gasteiger partial charge on any atom is -0.497 e. The Morgan fingerprint density at radius 3 is 2.30 bits per heavy atom. The molecule has 0 unspecified atom stereocenters. The van der Waals surface area contributed by atoms with Crippen molar-refractivity contribution >= 4 is 11.8 Å². The van der Waals surface area contributed by atoms with Gasteiger partial charge in [0.2, 0.25) is 0 Å². The lowest BCUT2D eigenvalue weighted by Gasteiger charge is -2.19. The number of rotatable bonds is 9. The molecule has 0 aliphatic heterocycles. The molecule has 3 rings (SSSR count). The first-order valence-electron chi connectivity index (χ1n) is 10.2. The van der Waals surface area contributed by atoms with Crippen molar-refractivity contribution in [3.8, 4) is 22.8 Å². The van der Waals surface area contributed by atoms with Gasteiger partial charge in [-0.25, -0.2) is 0 Å². The molecule has 0 radical (unpaired) electrons. The summed E-state index contributed by atoms with van der Waals surface area (Å²) in [5.41, 5.74) is 3.42. The molecule has 0 saturated heterocycles. The van der Waals surface area contributed by atoms with Crippen LogP contribution >= 0.6 is 11.8 Å². The van der Waals surface area contributed by atoms with Crippen molar-refractivity contribution in [1.29, 1.82) is 0 Å². The molecule has 160 valence electrons. The van der Waals surface area contributed by atoms with Crippen molar-refractivity contribution in [2.75, 3.05) is 32.6 Å². The molecule has 2 aromatic carbocycles. The fourth-order valence-electron chi connectivity index (χ4n) is 3.10. The van der Waals surface area contributed by atoms with Crippen LogP contribution in [0.15, 0.2) is 53.7 Å². The fourth-order valence-corrected chi connectivity index (χ4v) is 3.99. The number of ether oxygens (including phenoxy) is 1. The van der Waals surface area contributed by atoms with Crippen LogP contribution in [-0.2, 0) is 5.41 Å². The lowest BCUT2D eigenvalue weighted by molar-refractivity contribution is -0.651. The first-order chi connectivity index (χ1) is 14.4. The Labute approximate surface area is 182 Å². The van der Waals surface area contributed by atoms with Crippen molar-refractivity contribution in [3.05, 3.63) is 54.1 Å². The van der Waals surface area contributed by atoms with E-state index < -0.39 is 0 Å². The first-order valence-corrected chi connectivity index (χ1v) is 11.2. The van der Waals surface area contributed by atoms with Crippen LogP contribution in [0.2, 0.25) is 0 Å². The average molecular weight is 428 g/mol. The number of hydrogen-bond acceptors (Lipinski definition) is 5. The van der Waals surface area contributed by atoms with E-state index in [-0.39, 0.29) is 12.0 Å². The molecule has 1 heterocycles. The Bertz CT molecular complexity index is 931. The summed E-state index contributed by atoms with van der Waals surface area (Å²) in [4.78, 5) is 0. The van der Waals surface area contributed by atoms with E-state index in [0.717, 1.165) is 46.8 Å². The van der Waals surface area contributed by atoms with E-state index in [4.69, 9.17) is 9.84 Å². The van der Waals surface area contributed by atoms with Gasteiger partial charge in [-0.1, -0.05) is 56.8 Å². The van der Waals surface area contributed by atoms with Crippen LogP contribution in [-0.4, -0.2) is 52.4 Å². The number of thioether (sulfide) groups is 1. The third-order valence-electron chi connectivity index (χ3n) is 4.86. The second-order valence-electron chi connectivity index (χ2n) is 8.11. The molecule has 3 aromatic rings. The van der Waals surface area contributed by atoms with Gasteiger partial charge in [0.05, 0.1) is 32.6 Å². The van der Waals surface area contributed by atoms with Gasteiger partial charge in [-0.15, -0.1) is 10.2 Å². The highest BCUT2D eigenvalue weighted by atomic mass is 32.2. The standard InChI is InChI=1S/C23H30N4O2S/c1-23(2,3)18-7-5-17(6-8-18)21-25-26-22(30-16-14-24-13-15-28)27(21)19-9-11-20(29-4)12-10-19/h5-12,24,28H,13-16H2,1-4H3/p+1. The Balaban J connectivity index is 1.93. The van der Waals surface area contributed by atoms with Crippen LogP contribution in [0.5, 0.6) is 5.75 Å². The van der Waals surface area contributed by atoms with Gasteiger partial charge in [0, 0.05) is 11.3 Å². The van der Waals surface area contributed by atoms with Gasteiger partial charge in [0.15, 0.2) is 11.0 Å². The number of nitrogens with two attached hydrogens (primary N) is 1. The molecule has 6 nitrogen and oxygen atoms in total. The summed E-state index contributed by atoms with van der Waals surface area (Å²) in [5.74, 6) is 2.52. The highest BCUT2D eigenvalue weighted by molar-refractivity contribution is 7.99. The summed E-state index contributed by atoms with van der Waals surface area (Å²) in [7, 11) is 1.67. The zero-order valence-corrected chi connectivity index (χ0v) is 18.9. The van der Waals surface area contributed by atoms with E-state index in [9.17, 15) is 0 Å². The largest absolute Gasteiger partial charge is 0.497 e. The second kappa shape index (κ2) is 10.1. The van der Waals surface area contributed by atoms with Crippen LogP contribution in [0.4, 0.5) is 0 Å². The zero-order chi connectivity index (χ0) is 21.6. The number of aliphatic hydroxyl groups is 1. The van der Waals surface area contributed by atoms with E-state index >= 15 is 0 Å². The quantitative estimate of drug-likeness (QED) is 0.406. The number of aromatic nitrogens is 3. The third kappa shape index (κ3) is 5.41. The normalized spacial score (nSPS) is 11.6. The zero-order valence-electron chi connectivity index (χ0n) is 18.1. The topological polar surface area (TPSA) is 76.8 Å². The van der Waals surface area contributed by atoms with E-state index in [1.165, 1.54) is 5.56 Å². The molecule has 7 heteroatoms. The molecule has 0 saturated carbocycles. The summed E-state index contributed by atoms with van der Waals surface area (Å²) >= 11 is 1.67. The molecule has 1 aromatic heterocycles. The van der Waals surface area contributed by atoms with E-state index in [1.807, 2.05) is 24.3 Å². The maximum absolute atomic E-state index is 8.94. The molecule has 0 aliphatic carbocycles. The average Bonchev–Trinajstić information content (AvgIpc) is 3.17. The van der Waals surface area contributed by atoms with Gasteiger partial charge < -0.3 is 15.2 Å². The van der Waals surface area contributed by atoms with Crippen LogP contribution in [0.25, 0.3) is 17.1 Å². The third-order valence-corrected chi connectivity index (χ3v) is 5.82. The Morgan fingerprint density at radius 1 is 1.00 bits per heavy atom. The van der Waals surface area contributed by atoms with Crippen LogP contribution in [0.1, 0.15) is 26.3 Å². The number of aliphatic hydroxyl groups excluding tert-OH is 1. The number of quaternary nitrogens is 1. The summed E-state index contributed by atoms with van der Waals surface area (Å²) in [6.07, 6.45) is 0. The summed E-state index contributed by atoms with van der Waals surface area (Å²) in [6.45, 7) is 8.47. The molecular formula is C23H31N4O2S+. The van der Waals surface area contributed by atoms with Crippen LogP contribution in [0.3, 0.4) is 0 Å². The number of methoxy groups -OCH3 is 1. The van der Waals surface area contributed by atoms with Gasteiger partial charge >= 0.3 is 0 Å². The van der Waals surface area contributed by atoms with E-state index in [0.29, 0.717) is 0 Å². The number of hydrogen-bond donors (Lipinski definition) is 2. The number of benzene rings is 2. The predicted molar refractivity (Wildman–Crippen MR) is 122 cm³/mol. The Morgan fingerprint density at radius 2 is 1.70 bits per heavy atom. The minimum atomic E-state index is 0.105. The van der Waals surface area contributed by atoms with Crippen molar-refractivity contribution in [2.45, 2.75) is 31.3 Å². The van der Waals surface area contributed by atoms with E-state index in [1.54, 1.807) is 18.9 Å². The minimum absolute atomic E-state index is 0.105. The monoisotopic (exact) mass is 427 g/mol. The highest BCUT2D eigenvalue weighted by Crippen LogP contribution is 2.30.